The number of carbonyl (C=O) groups is 2. The molecule has 4 N–H and O–H groups in total. The van der Waals surface area contributed by atoms with Gasteiger partial charge in [0.05, 0.1) is 5.41 Å². The summed E-state index contributed by atoms with van der Waals surface area (Å²) in [4.78, 5) is 23.1. The number of hydrogen-bond acceptors (Lipinski definition) is 3. The highest BCUT2D eigenvalue weighted by atomic mass is 16.4. The van der Waals surface area contributed by atoms with E-state index in [9.17, 15) is 14.7 Å². The smallest absolute Gasteiger partial charge is 0.311 e. The van der Waals surface area contributed by atoms with Crippen LogP contribution in [0.5, 0.6) is 0 Å². The Morgan fingerprint density at radius 1 is 1.33 bits per heavy atom. The minimum absolute atomic E-state index is 0.0980. The first-order chi connectivity index (χ1) is 8.50. The summed E-state index contributed by atoms with van der Waals surface area (Å²) in [5, 5.41) is 12.1. The van der Waals surface area contributed by atoms with Crippen LogP contribution >= 0.6 is 0 Å². The van der Waals surface area contributed by atoms with Gasteiger partial charge in [0.2, 0.25) is 5.91 Å². The number of aliphatic carboxylic acids is 1. The Bertz CT molecular complexity index is 299. The van der Waals surface area contributed by atoms with Gasteiger partial charge >= 0.3 is 5.97 Å². The van der Waals surface area contributed by atoms with Crippen LogP contribution in [-0.4, -0.2) is 30.1 Å². The fraction of sp³-hybridized carbons (Fsp3) is 0.846. The van der Waals surface area contributed by atoms with Crippen molar-refractivity contribution in [1.82, 2.24) is 5.32 Å². The summed E-state index contributed by atoms with van der Waals surface area (Å²) >= 11 is 0. The molecule has 104 valence electrons. The highest BCUT2D eigenvalue weighted by Gasteiger charge is 2.39. The third-order valence-corrected chi connectivity index (χ3v) is 3.82. The molecule has 5 heteroatoms. The summed E-state index contributed by atoms with van der Waals surface area (Å²) in [7, 11) is 0. The molecule has 1 saturated carbocycles. The highest BCUT2D eigenvalue weighted by Crippen LogP contribution is 2.36. The summed E-state index contributed by atoms with van der Waals surface area (Å²) in [6.07, 6.45) is 4.65. The zero-order chi connectivity index (χ0) is 13.6. The maximum Gasteiger partial charge on any atom is 0.311 e. The maximum atomic E-state index is 11.7. The van der Waals surface area contributed by atoms with Crippen molar-refractivity contribution in [3.8, 4) is 0 Å². The van der Waals surface area contributed by atoms with E-state index in [1.54, 1.807) is 0 Å². The summed E-state index contributed by atoms with van der Waals surface area (Å²) in [5.41, 5.74) is 4.71. The Labute approximate surface area is 108 Å². The van der Waals surface area contributed by atoms with E-state index in [1.165, 1.54) is 0 Å². The van der Waals surface area contributed by atoms with E-state index in [1.807, 2.05) is 6.92 Å². The average Bonchev–Trinajstić information content (AvgIpc) is 2.37. The van der Waals surface area contributed by atoms with E-state index >= 15 is 0 Å². The van der Waals surface area contributed by atoms with Crippen molar-refractivity contribution in [2.75, 3.05) is 13.1 Å². The van der Waals surface area contributed by atoms with Crippen molar-refractivity contribution >= 4 is 11.9 Å². The molecule has 1 rings (SSSR count). The lowest BCUT2D eigenvalue weighted by atomic mass is 9.74. The van der Waals surface area contributed by atoms with Gasteiger partial charge in [0.25, 0.3) is 0 Å². The second-order valence-electron chi connectivity index (χ2n) is 5.47. The van der Waals surface area contributed by atoms with Crippen LogP contribution in [0.3, 0.4) is 0 Å². The molecule has 0 spiro atoms. The lowest BCUT2D eigenvalue weighted by Crippen LogP contribution is -2.44. The van der Waals surface area contributed by atoms with Crippen LogP contribution in [0, 0.1) is 11.3 Å². The van der Waals surface area contributed by atoms with Gasteiger partial charge in [-0.15, -0.1) is 0 Å². The van der Waals surface area contributed by atoms with Crippen molar-refractivity contribution in [3.63, 3.8) is 0 Å². The van der Waals surface area contributed by atoms with Gasteiger partial charge < -0.3 is 16.2 Å². The molecule has 1 atom stereocenters. The van der Waals surface area contributed by atoms with Crippen LogP contribution in [0.1, 0.15) is 45.4 Å². The molecule has 0 radical (unpaired) electrons. The predicted octanol–water partition coefficient (Wildman–Crippen LogP) is 1.12. The van der Waals surface area contributed by atoms with E-state index in [2.05, 4.69) is 5.32 Å². The van der Waals surface area contributed by atoms with E-state index in [-0.39, 0.29) is 18.4 Å². The zero-order valence-electron chi connectivity index (χ0n) is 11.1. The summed E-state index contributed by atoms with van der Waals surface area (Å²) in [6.45, 7) is 2.63. The third-order valence-electron chi connectivity index (χ3n) is 3.82. The normalized spacial score (nSPS) is 20.1. The highest BCUT2D eigenvalue weighted by molar-refractivity contribution is 5.79. The van der Waals surface area contributed by atoms with Gasteiger partial charge in [0.15, 0.2) is 0 Å². The van der Waals surface area contributed by atoms with Crippen LogP contribution < -0.4 is 11.1 Å². The molecular weight excluding hydrogens is 232 g/mol. The number of nitrogens with two attached hydrogens (primary N) is 1. The van der Waals surface area contributed by atoms with Crippen LogP contribution in [0.4, 0.5) is 0 Å². The monoisotopic (exact) mass is 256 g/mol. The van der Waals surface area contributed by atoms with Gasteiger partial charge in [-0.25, -0.2) is 0 Å². The quantitative estimate of drug-likeness (QED) is 0.664. The Morgan fingerprint density at radius 3 is 2.44 bits per heavy atom. The number of carboxylic acid groups (broad SMARTS) is 1. The van der Waals surface area contributed by atoms with Crippen LogP contribution in [0.15, 0.2) is 0 Å². The lowest BCUT2D eigenvalue weighted by molar-refractivity contribution is -0.151. The molecule has 0 bridgehead atoms. The van der Waals surface area contributed by atoms with Gasteiger partial charge in [-0.1, -0.05) is 26.2 Å². The van der Waals surface area contributed by atoms with Crippen molar-refractivity contribution in [2.24, 2.45) is 17.1 Å². The minimum Gasteiger partial charge on any atom is -0.481 e. The molecule has 1 aliphatic rings. The summed E-state index contributed by atoms with van der Waals surface area (Å²) < 4.78 is 0. The lowest BCUT2D eigenvalue weighted by Gasteiger charge is -2.33. The molecule has 18 heavy (non-hydrogen) atoms. The van der Waals surface area contributed by atoms with E-state index in [0.717, 1.165) is 19.3 Å². The van der Waals surface area contributed by atoms with E-state index < -0.39 is 11.4 Å². The molecule has 0 aromatic heterocycles. The number of carboxylic acids is 1. The van der Waals surface area contributed by atoms with Crippen molar-refractivity contribution in [1.29, 1.82) is 0 Å². The largest absolute Gasteiger partial charge is 0.481 e. The zero-order valence-corrected chi connectivity index (χ0v) is 11.1. The molecular formula is C13H24N2O3. The van der Waals surface area contributed by atoms with E-state index in [0.29, 0.717) is 25.8 Å². The Morgan fingerprint density at radius 2 is 1.94 bits per heavy atom. The Kier molecular flexibility index (Phi) is 5.59. The molecule has 1 amide bonds. The number of nitrogens with one attached hydrogen (secondary N) is 1. The number of rotatable bonds is 6. The molecule has 1 fully saturated rings. The van der Waals surface area contributed by atoms with Crippen LogP contribution in [0.25, 0.3) is 0 Å². The van der Waals surface area contributed by atoms with Gasteiger partial charge in [-0.05, 0) is 25.3 Å². The predicted molar refractivity (Wildman–Crippen MR) is 69.0 cm³/mol. The second-order valence-corrected chi connectivity index (χ2v) is 5.47. The molecule has 0 aromatic rings. The first-order valence-corrected chi connectivity index (χ1v) is 6.70. The molecule has 0 saturated heterocycles. The SMILES string of the molecule is CC(CN)CC(=O)NCC1(C(=O)O)CCCCC1. The van der Waals surface area contributed by atoms with Gasteiger partial charge in [-0.3, -0.25) is 9.59 Å². The summed E-state index contributed by atoms with van der Waals surface area (Å²) in [6, 6.07) is 0. The second kappa shape index (κ2) is 6.73. The van der Waals surface area contributed by atoms with Gasteiger partial charge in [0.1, 0.15) is 0 Å². The van der Waals surface area contributed by atoms with Gasteiger partial charge in [-0.2, -0.15) is 0 Å². The maximum absolute atomic E-state index is 11.7. The molecule has 1 aliphatic carbocycles. The topological polar surface area (TPSA) is 92.4 Å². The van der Waals surface area contributed by atoms with Crippen molar-refractivity contribution in [2.45, 2.75) is 45.4 Å². The number of carbonyl (C=O) groups excluding carboxylic acids is 1. The van der Waals surface area contributed by atoms with Crippen LogP contribution in [0.2, 0.25) is 0 Å². The number of amides is 1. The average molecular weight is 256 g/mol. The Hall–Kier alpha value is -1.10. The minimum atomic E-state index is -0.783. The standard InChI is InChI=1S/C13H24N2O3/c1-10(8-14)7-11(16)15-9-13(12(17)18)5-3-2-4-6-13/h10H,2-9,14H2,1H3,(H,15,16)(H,17,18). The van der Waals surface area contributed by atoms with Crippen molar-refractivity contribution in [3.05, 3.63) is 0 Å². The summed E-state index contributed by atoms with van der Waals surface area (Å²) in [5.74, 6) is -0.745. The van der Waals surface area contributed by atoms with Gasteiger partial charge in [0, 0.05) is 13.0 Å². The molecule has 0 aliphatic heterocycles. The molecule has 0 heterocycles. The Balaban J connectivity index is 2.47. The fourth-order valence-electron chi connectivity index (χ4n) is 2.43. The first kappa shape index (κ1) is 15.0. The molecule has 1 unspecified atom stereocenters. The number of hydrogen-bond donors (Lipinski definition) is 3. The fourth-order valence-corrected chi connectivity index (χ4v) is 2.43. The van der Waals surface area contributed by atoms with Crippen LogP contribution in [-0.2, 0) is 9.59 Å². The molecule has 5 nitrogen and oxygen atoms in total. The third kappa shape index (κ3) is 3.98. The van der Waals surface area contributed by atoms with E-state index in [4.69, 9.17) is 5.73 Å². The van der Waals surface area contributed by atoms with Crippen molar-refractivity contribution < 1.29 is 14.7 Å². The first-order valence-electron chi connectivity index (χ1n) is 6.70. The molecule has 0 aromatic carbocycles.